The molecule has 0 fully saturated rings. The van der Waals surface area contributed by atoms with E-state index in [1.54, 1.807) is 4.68 Å². The number of nitrogens with two attached hydrogens (primary N) is 1. The SMILES string of the molecule is CC(C)N1CCc2c(nn(C)c2N)C1. The van der Waals surface area contributed by atoms with Gasteiger partial charge in [0.2, 0.25) is 0 Å². The van der Waals surface area contributed by atoms with Crippen LogP contribution in [-0.4, -0.2) is 27.3 Å². The number of aryl methyl sites for hydroxylation is 1. The zero-order valence-electron chi connectivity index (χ0n) is 9.12. The van der Waals surface area contributed by atoms with Crippen molar-refractivity contribution in [3.05, 3.63) is 11.3 Å². The molecule has 0 bridgehead atoms. The summed E-state index contributed by atoms with van der Waals surface area (Å²) in [6.45, 7) is 6.48. The summed E-state index contributed by atoms with van der Waals surface area (Å²) < 4.78 is 1.79. The minimum Gasteiger partial charge on any atom is -0.384 e. The highest BCUT2D eigenvalue weighted by Gasteiger charge is 2.23. The van der Waals surface area contributed by atoms with Gasteiger partial charge < -0.3 is 5.73 Å². The quantitative estimate of drug-likeness (QED) is 0.718. The van der Waals surface area contributed by atoms with Crippen LogP contribution in [0.4, 0.5) is 5.82 Å². The summed E-state index contributed by atoms with van der Waals surface area (Å²) in [5.41, 5.74) is 8.34. The summed E-state index contributed by atoms with van der Waals surface area (Å²) in [5.74, 6) is 0.836. The molecule has 14 heavy (non-hydrogen) atoms. The predicted octanol–water partition coefficient (Wildman–Crippen LogP) is 0.769. The van der Waals surface area contributed by atoms with Crippen LogP contribution in [0, 0.1) is 0 Å². The molecule has 1 aromatic rings. The van der Waals surface area contributed by atoms with Crippen LogP contribution in [0.2, 0.25) is 0 Å². The molecule has 78 valence electrons. The average molecular weight is 194 g/mol. The molecule has 0 unspecified atom stereocenters. The second-order valence-electron chi connectivity index (χ2n) is 4.25. The smallest absolute Gasteiger partial charge is 0.124 e. The van der Waals surface area contributed by atoms with Crippen LogP contribution in [0.3, 0.4) is 0 Å². The van der Waals surface area contributed by atoms with Crippen LogP contribution in [0.1, 0.15) is 25.1 Å². The largest absolute Gasteiger partial charge is 0.384 e. The molecule has 1 aromatic heterocycles. The second kappa shape index (κ2) is 3.28. The molecule has 2 heterocycles. The zero-order chi connectivity index (χ0) is 10.3. The predicted molar refractivity (Wildman–Crippen MR) is 56.9 cm³/mol. The Bertz CT molecular complexity index is 340. The van der Waals surface area contributed by atoms with Crippen molar-refractivity contribution >= 4 is 5.82 Å². The van der Waals surface area contributed by atoms with Crippen molar-refractivity contribution in [1.29, 1.82) is 0 Å². The van der Waals surface area contributed by atoms with Gasteiger partial charge in [0.15, 0.2) is 0 Å². The summed E-state index contributed by atoms with van der Waals surface area (Å²) in [6.07, 6.45) is 1.03. The fourth-order valence-electron chi connectivity index (χ4n) is 2.01. The molecular formula is C10H18N4. The first-order chi connectivity index (χ1) is 6.59. The van der Waals surface area contributed by atoms with Gasteiger partial charge in [-0.25, -0.2) is 0 Å². The Morgan fingerprint density at radius 1 is 1.43 bits per heavy atom. The maximum atomic E-state index is 5.93. The zero-order valence-corrected chi connectivity index (χ0v) is 9.12. The lowest BCUT2D eigenvalue weighted by atomic mass is 10.1. The molecule has 0 saturated heterocycles. The Labute approximate surface area is 84.7 Å². The Morgan fingerprint density at radius 2 is 2.14 bits per heavy atom. The van der Waals surface area contributed by atoms with E-state index in [4.69, 9.17) is 5.73 Å². The van der Waals surface area contributed by atoms with Crippen molar-refractivity contribution in [1.82, 2.24) is 14.7 Å². The van der Waals surface area contributed by atoms with E-state index in [-0.39, 0.29) is 0 Å². The highest BCUT2D eigenvalue weighted by Crippen LogP contribution is 2.23. The van der Waals surface area contributed by atoms with E-state index >= 15 is 0 Å². The van der Waals surface area contributed by atoms with Gasteiger partial charge in [0.25, 0.3) is 0 Å². The van der Waals surface area contributed by atoms with Gasteiger partial charge in [-0.2, -0.15) is 5.10 Å². The number of anilines is 1. The summed E-state index contributed by atoms with van der Waals surface area (Å²) in [5, 5.41) is 4.43. The molecule has 0 amide bonds. The number of hydrogen-bond donors (Lipinski definition) is 1. The van der Waals surface area contributed by atoms with E-state index < -0.39 is 0 Å². The Hall–Kier alpha value is -1.03. The first-order valence-corrected chi connectivity index (χ1v) is 5.14. The van der Waals surface area contributed by atoms with Crippen LogP contribution in [0.25, 0.3) is 0 Å². The topological polar surface area (TPSA) is 47.1 Å². The van der Waals surface area contributed by atoms with Gasteiger partial charge in [-0.05, 0) is 20.3 Å². The van der Waals surface area contributed by atoms with Crippen LogP contribution < -0.4 is 5.73 Å². The Kier molecular flexibility index (Phi) is 2.23. The van der Waals surface area contributed by atoms with Gasteiger partial charge in [-0.1, -0.05) is 0 Å². The first kappa shape index (κ1) is 9.52. The van der Waals surface area contributed by atoms with Crippen LogP contribution in [0.15, 0.2) is 0 Å². The Morgan fingerprint density at radius 3 is 2.79 bits per heavy atom. The average Bonchev–Trinajstić information content (AvgIpc) is 2.42. The summed E-state index contributed by atoms with van der Waals surface area (Å²) >= 11 is 0. The molecule has 2 rings (SSSR count). The minimum absolute atomic E-state index is 0.589. The third-order valence-electron chi connectivity index (χ3n) is 3.01. The van der Waals surface area contributed by atoms with Gasteiger partial charge in [0.05, 0.1) is 5.69 Å². The van der Waals surface area contributed by atoms with Gasteiger partial charge in [-0.15, -0.1) is 0 Å². The lowest BCUT2D eigenvalue weighted by Gasteiger charge is -2.29. The molecule has 1 aliphatic heterocycles. The molecule has 4 nitrogen and oxygen atoms in total. The first-order valence-electron chi connectivity index (χ1n) is 5.14. The molecule has 0 aliphatic carbocycles. The van der Waals surface area contributed by atoms with E-state index in [1.807, 2.05) is 7.05 Å². The van der Waals surface area contributed by atoms with E-state index in [0.717, 1.165) is 31.0 Å². The maximum absolute atomic E-state index is 5.93. The number of hydrogen-bond acceptors (Lipinski definition) is 3. The lowest BCUT2D eigenvalue weighted by Crippen LogP contribution is -2.35. The summed E-state index contributed by atoms with van der Waals surface area (Å²) in [7, 11) is 1.91. The third kappa shape index (κ3) is 1.39. The van der Waals surface area contributed by atoms with Gasteiger partial charge in [0, 0.05) is 31.7 Å². The van der Waals surface area contributed by atoms with Crippen molar-refractivity contribution in [2.45, 2.75) is 32.9 Å². The van der Waals surface area contributed by atoms with Gasteiger partial charge in [0.1, 0.15) is 5.82 Å². The van der Waals surface area contributed by atoms with Gasteiger partial charge in [-0.3, -0.25) is 9.58 Å². The van der Waals surface area contributed by atoms with E-state index in [2.05, 4.69) is 23.8 Å². The molecular weight excluding hydrogens is 176 g/mol. The number of nitrogens with zero attached hydrogens (tertiary/aromatic N) is 3. The van der Waals surface area contributed by atoms with Gasteiger partial charge >= 0.3 is 0 Å². The van der Waals surface area contributed by atoms with Crippen molar-refractivity contribution in [3.8, 4) is 0 Å². The number of fused-ring (bicyclic) bond motifs is 1. The molecule has 0 aromatic carbocycles. The molecule has 2 N–H and O–H groups in total. The normalized spacial score (nSPS) is 17.4. The van der Waals surface area contributed by atoms with Crippen LogP contribution in [-0.2, 0) is 20.0 Å². The molecule has 1 aliphatic rings. The minimum atomic E-state index is 0.589. The van der Waals surface area contributed by atoms with E-state index in [1.165, 1.54) is 5.56 Å². The highest BCUT2D eigenvalue weighted by molar-refractivity contribution is 5.44. The van der Waals surface area contributed by atoms with Crippen molar-refractivity contribution in [2.75, 3.05) is 12.3 Å². The third-order valence-corrected chi connectivity index (χ3v) is 3.01. The standard InChI is InChI=1S/C10H18N4/c1-7(2)14-5-4-8-9(6-14)12-13(3)10(8)11/h7H,4-6,11H2,1-3H3. The monoisotopic (exact) mass is 194 g/mol. The Balaban J connectivity index is 2.27. The molecule has 0 atom stereocenters. The van der Waals surface area contributed by atoms with Crippen LogP contribution in [0.5, 0.6) is 0 Å². The summed E-state index contributed by atoms with van der Waals surface area (Å²) in [4.78, 5) is 2.43. The molecule has 0 spiro atoms. The highest BCUT2D eigenvalue weighted by atomic mass is 15.3. The van der Waals surface area contributed by atoms with E-state index in [0.29, 0.717) is 6.04 Å². The van der Waals surface area contributed by atoms with E-state index in [9.17, 15) is 0 Å². The lowest BCUT2D eigenvalue weighted by molar-refractivity contribution is 0.201. The van der Waals surface area contributed by atoms with Crippen molar-refractivity contribution < 1.29 is 0 Å². The molecule has 0 saturated carbocycles. The van der Waals surface area contributed by atoms with Crippen LogP contribution >= 0.6 is 0 Å². The fraction of sp³-hybridized carbons (Fsp3) is 0.700. The number of nitrogen functional groups attached to an aromatic ring is 1. The van der Waals surface area contributed by atoms with Crippen molar-refractivity contribution in [3.63, 3.8) is 0 Å². The van der Waals surface area contributed by atoms with Crippen molar-refractivity contribution in [2.24, 2.45) is 7.05 Å². The molecule has 0 radical (unpaired) electrons. The number of rotatable bonds is 1. The molecule has 4 heteroatoms. The second-order valence-corrected chi connectivity index (χ2v) is 4.25. The maximum Gasteiger partial charge on any atom is 0.124 e. The fourth-order valence-corrected chi connectivity index (χ4v) is 2.01. The summed E-state index contributed by atoms with van der Waals surface area (Å²) in [6, 6.07) is 0.589. The number of aromatic nitrogens is 2.